The van der Waals surface area contributed by atoms with E-state index in [4.69, 9.17) is 0 Å². The SMILES string of the molecule is Cn1c(C(=O)Nc2ccncc2)cc2sccc21. The van der Waals surface area contributed by atoms with Crippen molar-refractivity contribution in [2.24, 2.45) is 7.05 Å². The minimum absolute atomic E-state index is 0.105. The molecule has 0 atom stereocenters. The molecule has 3 heterocycles. The molecule has 1 N–H and O–H groups in total. The van der Waals surface area contributed by atoms with E-state index in [1.54, 1.807) is 35.9 Å². The minimum atomic E-state index is -0.105. The summed E-state index contributed by atoms with van der Waals surface area (Å²) in [5, 5.41) is 4.88. The van der Waals surface area contributed by atoms with Crippen LogP contribution in [0.3, 0.4) is 0 Å². The van der Waals surface area contributed by atoms with E-state index in [2.05, 4.69) is 10.3 Å². The largest absolute Gasteiger partial charge is 0.339 e. The molecule has 0 fully saturated rings. The molecular weight excluding hydrogens is 246 g/mol. The molecule has 5 heteroatoms. The molecule has 3 rings (SSSR count). The molecule has 0 spiro atoms. The first-order chi connectivity index (χ1) is 8.75. The molecule has 0 aliphatic carbocycles. The number of aromatic nitrogens is 2. The lowest BCUT2D eigenvalue weighted by molar-refractivity contribution is 0.102. The van der Waals surface area contributed by atoms with Crippen molar-refractivity contribution in [2.75, 3.05) is 5.32 Å². The average molecular weight is 257 g/mol. The number of pyridine rings is 1. The molecule has 4 nitrogen and oxygen atoms in total. The number of carbonyl (C=O) groups excluding carboxylic acids is 1. The van der Waals surface area contributed by atoms with Crippen LogP contribution in [0.2, 0.25) is 0 Å². The van der Waals surface area contributed by atoms with Gasteiger partial charge in [0, 0.05) is 25.1 Å². The van der Waals surface area contributed by atoms with Gasteiger partial charge in [-0.3, -0.25) is 9.78 Å². The molecule has 1 amide bonds. The Morgan fingerprint density at radius 2 is 2.11 bits per heavy atom. The lowest BCUT2D eigenvalue weighted by Gasteiger charge is -2.05. The van der Waals surface area contributed by atoms with Crippen LogP contribution in [-0.4, -0.2) is 15.5 Å². The molecule has 18 heavy (non-hydrogen) atoms. The predicted molar refractivity (Wildman–Crippen MR) is 73.0 cm³/mol. The monoisotopic (exact) mass is 257 g/mol. The topological polar surface area (TPSA) is 46.9 Å². The van der Waals surface area contributed by atoms with E-state index >= 15 is 0 Å². The van der Waals surface area contributed by atoms with Crippen LogP contribution in [0.25, 0.3) is 10.2 Å². The van der Waals surface area contributed by atoms with Gasteiger partial charge in [0.1, 0.15) is 5.69 Å². The fourth-order valence-corrected chi connectivity index (χ4v) is 2.75. The summed E-state index contributed by atoms with van der Waals surface area (Å²) in [4.78, 5) is 16.1. The lowest BCUT2D eigenvalue weighted by atomic mass is 10.3. The van der Waals surface area contributed by atoms with Gasteiger partial charge in [0.2, 0.25) is 0 Å². The summed E-state index contributed by atoms with van der Waals surface area (Å²) in [7, 11) is 1.90. The number of hydrogen-bond donors (Lipinski definition) is 1. The van der Waals surface area contributed by atoms with Crippen molar-refractivity contribution in [3.8, 4) is 0 Å². The maximum absolute atomic E-state index is 12.2. The summed E-state index contributed by atoms with van der Waals surface area (Å²) in [5.41, 5.74) is 2.49. The van der Waals surface area contributed by atoms with Crippen molar-refractivity contribution < 1.29 is 4.79 Å². The van der Waals surface area contributed by atoms with Crippen molar-refractivity contribution in [3.63, 3.8) is 0 Å². The van der Waals surface area contributed by atoms with Crippen molar-refractivity contribution in [1.82, 2.24) is 9.55 Å². The fourth-order valence-electron chi connectivity index (χ4n) is 1.90. The summed E-state index contributed by atoms with van der Waals surface area (Å²) >= 11 is 1.64. The Hall–Kier alpha value is -2.14. The standard InChI is InChI=1S/C13H11N3OS/c1-16-10-4-7-18-12(10)8-11(16)13(17)15-9-2-5-14-6-3-9/h2-8H,1H3,(H,14,15,17). The summed E-state index contributed by atoms with van der Waals surface area (Å²) < 4.78 is 3.03. The van der Waals surface area contributed by atoms with Crippen molar-refractivity contribution in [3.05, 3.63) is 47.7 Å². The van der Waals surface area contributed by atoms with Crippen LogP contribution in [-0.2, 0) is 7.05 Å². The summed E-state index contributed by atoms with van der Waals surface area (Å²) in [5.74, 6) is -0.105. The molecule has 3 aromatic rings. The van der Waals surface area contributed by atoms with Crippen LogP contribution in [0.4, 0.5) is 5.69 Å². The summed E-state index contributed by atoms with van der Waals surface area (Å²) in [6.45, 7) is 0. The second kappa shape index (κ2) is 4.27. The first-order valence-corrected chi connectivity index (χ1v) is 6.38. The van der Waals surface area contributed by atoms with E-state index in [9.17, 15) is 4.79 Å². The Morgan fingerprint density at radius 1 is 1.33 bits per heavy atom. The molecule has 0 radical (unpaired) electrons. The zero-order valence-electron chi connectivity index (χ0n) is 9.75. The highest BCUT2D eigenvalue weighted by Gasteiger charge is 2.13. The zero-order chi connectivity index (χ0) is 12.5. The molecule has 0 saturated heterocycles. The molecule has 3 aromatic heterocycles. The zero-order valence-corrected chi connectivity index (χ0v) is 10.6. The third-order valence-electron chi connectivity index (χ3n) is 2.83. The lowest BCUT2D eigenvalue weighted by Crippen LogP contribution is -2.15. The van der Waals surface area contributed by atoms with E-state index in [1.807, 2.05) is 29.1 Å². The quantitative estimate of drug-likeness (QED) is 0.767. The van der Waals surface area contributed by atoms with Crippen LogP contribution in [0.15, 0.2) is 42.0 Å². The molecule has 0 unspecified atom stereocenters. The highest BCUT2D eigenvalue weighted by Crippen LogP contribution is 2.24. The number of fused-ring (bicyclic) bond motifs is 1. The third-order valence-corrected chi connectivity index (χ3v) is 3.69. The number of aryl methyl sites for hydroxylation is 1. The number of carbonyl (C=O) groups is 1. The summed E-state index contributed by atoms with van der Waals surface area (Å²) in [6.07, 6.45) is 3.30. The molecule has 0 saturated carbocycles. The highest BCUT2D eigenvalue weighted by molar-refractivity contribution is 7.17. The van der Waals surface area contributed by atoms with E-state index in [0.29, 0.717) is 5.69 Å². The van der Waals surface area contributed by atoms with E-state index in [1.165, 1.54) is 0 Å². The van der Waals surface area contributed by atoms with Crippen LogP contribution in [0.1, 0.15) is 10.5 Å². The second-order valence-corrected chi connectivity index (χ2v) is 4.90. The Bertz CT molecular complexity index is 699. The number of nitrogens with one attached hydrogen (secondary N) is 1. The van der Waals surface area contributed by atoms with Gasteiger partial charge in [-0.1, -0.05) is 0 Å². The van der Waals surface area contributed by atoms with Gasteiger partial charge >= 0.3 is 0 Å². The second-order valence-electron chi connectivity index (χ2n) is 3.95. The Balaban J connectivity index is 1.92. The maximum Gasteiger partial charge on any atom is 0.272 e. The predicted octanol–water partition coefficient (Wildman–Crippen LogP) is 2.89. The molecule has 0 aliphatic heterocycles. The fraction of sp³-hybridized carbons (Fsp3) is 0.0769. The van der Waals surface area contributed by atoms with Gasteiger partial charge in [-0.25, -0.2) is 0 Å². The molecule has 0 bridgehead atoms. The smallest absolute Gasteiger partial charge is 0.272 e. The number of thiophene rings is 1. The molecule has 90 valence electrons. The number of anilines is 1. The maximum atomic E-state index is 12.2. The van der Waals surface area contributed by atoms with Gasteiger partial charge in [0.15, 0.2) is 0 Å². The third kappa shape index (κ3) is 1.78. The first-order valence-electron chi connectivity index (χ1n) is 5.50. The van der Waals surface area contributed by atoms with Crippen LogP contribution in [0, 0.1) is 0 Å². The van der Waals surface area contributed by atoms with E-state index < -0.39 is 0 Å². The summed E-state index contributed by atoms with van der Waals surface area (Å²) in [6, 6.07) is 7.46. The van der Waals surface area contributed by atoms with Crippen LogP contribution < -0.4 is 5.32 Å². The van der Waals surface area contributed by atoms with Gasteiger partial charge in [0.25, 0.3) is 5.91 Å². The van der Waals surface area contributed by atoms with Crippen molar-refractivity contribution >= 4 is 33.1 Å². The van der Waals surface area contributed by atoms with E-state index in [-0.39, 0.29) is 5.91 Å². The van der Waals surface area contributed by atoms with Gasteiger partial charge in [0.05, 0.1) is 10.2 Å². The molecule has 0 aromatic carbocycles. The normalized spacial score (nSPS) is 10.7. The molecular formula is C13H11N3OS. The van der Waals surface area contributed by atoms with E-state index in [0.717, 1.165) is 15.9 Å². The van der Waals surface area contributed by atoms with Crippen LogP contribution in [0.5, 0.6) is 0 Å². The number of hydrogen-bond acceptors (Lipinski definition) is 3. The molecule has 0 aliphatic rings. The van der Waals surface area contributed by atoms with Gasteiger partial charge in [-0.05, 0) is 29.6 Å². The average Bonchev–Trinajstić information content (AvgIpc) is 2.94. The number of amides is 1. The Kier molecular flexibility index (Phi) is 2.60. The van der Waals surface area contributed by atoms with Crippen molar-refractivity contribution in [1.29, 1.82) is 0 Å². The van der Waals surface area contributed by atoms with Crippen molar-refractivity contribution in [2.45, 2.75) is 0 Å². The minimum Gasteiger partial charge on any atom is -0.339 e. The van der Waals surface area contributed by atoms with Crippen LogP contribution >= 0.6 is 11.3 Å². The van der Waals surface area contributed by atoms with Gasteiger partial charge < -0.3 is 9.88 Å². The van der Waals surface area contributed by atoms with Gasteiger partial charge in [-0.15, -0.1) is 11.3 Å². The number of rotatable bonds is 2. The Morgan fingerprint density at radius 3 is 2.83 bits per heavy atom. The highest BCUT2D eigenvalue weighted by atomic mass is 32.1. The first kappa shape index (κ1) is 11.0. The number of nitrogens with zero attached hydrogens (tertiary/aromatic N) is 2. The van der Waals surface area contributed by atoms with Gasteiger partial charge in [-0.2, -0.15) is 0 Å². The Labute approximate surface area is 108 Å².